The van der Waals surface area contributed by atoms with E-state index >= 15 is 0 Å². The number of hydrogen-bond acceptors (Lipinski definition) is 4. The van der Waals surface area contributed by atoms with E-state index < -0.39 is 0 Å². The molecule has 0 spiro atoms. The summed E-state index contributed by atoms with van der Waals surface area (Å²) in [6.45, 7) is 6.75. The van der Waals surface area contributed by atoms with Gasteiger partial charge in [0.2, 0.25) is 0 Å². The summed E-state index contributed by atoms with van der Waals surface area (Å²) in [7, 11) is 1.66. The predicted octanol–water partition coefficient (Wildman–Crippen LogP) is 0.297. The predicted molar refractivity (Wildman–Crippen MR) is 61.3 cm³/mol. The zero-order valence-electron chi connectivity index (χ0n) is 9.79. The number of nitrogens with one attached hydrogen (secondary N) is 1. The molecule has 0 rings (SSSR count). The summed E-state index contributed by atoms with van der Waals surface area (Å²) in [4.78, 5) is 2.22. The van der Waals surface area contributed by atoms with Gasteiger partial charge in [0.25, 0.3) is 0 Å². The largest absolute Gasteiger partial charge is 0.388 e. The zero-order valence-corrected chi connectivity index (χ0v) is 9.79. The fraction of sp³-hybridized carbons (Fsp3) is 0.900. The molecule has 0 amide bonds. The molecule has 0 aliphatic rings. The number of nitrogens with zero attached hydrogens (tertiary/aromatic N) is 1. The highest BCUT2D eigenvalue weighted by molar-refractivity contribution is 5.76. The normalized spacial score (nSPS) is 10.9. The van der Waals surface area contributed by atoms with Crippen molar-refractivity contribution in [3.05, 3.63) is 0 Å². The first-order valence-electron chi connectivity index (χ1n) is 5.32. The summed E-state index contributed by atoms with van der Waals surface area (Å²) < 4.78 is 10.2. The van der Waals surface area contributed by atoms with Crippen LogP contribution in [0.5, 0.6) is 0 Å². The summed E-state index contributed by atoms with van der Waals surface area (Å²) in [6, 6.07) is 0. The van der Waals surface area contributed by atoms with Gasteiger partial charge in [0.05, 0.1) is 25.7 Å². The van der Waals surface area contributed by atoms with E-state index in [1.807, 2.05) is 0 Å². The van der Waals surface area contributed by atoms with Gasteiger partial charge in [-0.2, -0.15) is 0 Å². The van der Waals surface area contributed by atoms with Crippen LogP contribution in [0, 0.1) is 5.41 Å². The third-order valence-corrected chi connectivity index (χ3v) is 2.13. The van der Waals surface area contributed by atoms with Crippen molar-refractivity contribution in [1.82, 2.24) is 4.90 Å². The molecule has 0 unspecified atom stereocenters. The molecule has 0 saturated heterocycles. The van der Waals surface area contributed by atoms with Crippen molar-refractivity contribution in [3.63, 3.8) is 0 Å². The minimum absolute atomic E-state index is 0.244. The Bertz CT molecular complexity index is 165. The maximum absolute atomic E-state index is 7.13. The number of nitrogens with two attached hydrogens (primary N) is 1. The van der Waals surface area contributed by atoms with E-state index in [4.69, 9.17) is 20.6 Å². The fourth-order valence-electron chi connectivity index (χ4n) is 1.14. The Balaban J connectivity index is 3.40. The van der Waals surface area contributed by atoms with Gasteiger partial charge in [-0.15, -0.1) is 0 Å². The van der Waals surface area contributed by atoms with Gasteiger partial charge in [0, 0.05) is 26.6 Å². The van der Waals surface area contributed by atoms with Crippen LogP contribution in [0.25, 0.3) is 0 Å². The highest BCUT2D eigenvalue weighted by Gasteiger charge is 2.02. The lowest BCUT2D eigenvalue weighted by molar-refractivity contribution is 0.0582. The van der Waals surface area contributed by atoms with E-state index in [0.29, 0.717) is 26.2 Å². The van der Waals surface area contributed by atoms with Gasteiger partial charge in [-0.25, -0.2) is 0 Å². The number of ether oxygens (including phenoxy) is 2. The molecular formula is C10H23N3O2. The molecule has 0 fully saturated rings. The Hall–Kier alpha value is -0.650. The smallest absolute Gasteiger partial charge is 0.0918 e. The van der Waals surface area contributed by atoms with Crippen LogP contribution < -0.4 is 5.73 Å². The molecule has 90 valence electrons. The summed E-state index contributed by atoms with van der Waals surface area (Å²) in [5, 5.41) is 7.13. The van der Waals surface area contributed by atoms with Crippen molar-refractivity contribution in [1.29, 1.82) is 5.41 Å². The summed E-state index contributed by atoms with van der Waals surface area (Å²) in [5.74, 6) is 0.244. The second-order valence-corrected chi connectivity index (χ2v) is 3.31. The first-order chi connectivity index (χ1) is 7.20. The average Bonchev–Trinajstić information content (AvgIpc) is 2.22. The fourth-order valence-corrected chi connectivity index (χ4v) is 1.14. The lowest BCUT2D eigenvalue weighted by Crippen LogP contribution is -2.31. The quantitative estimate of drug-likeness (QED) is 0.313. The number of hydrogen-bond donors (Lipinski definition) is 2. The maximum atomic E-state index is 7.13. The molecule has 0 aliphatic carbocycles. The maximum Gasteiger partial charge on any atom is 0.0918 e. The molecule has 0 saturated carbocycles. The van der Waals surface area contributed by atoms with Crippen molar-refractivity contribution < 1.29 is 9.47 Å². The minimum atomic E-state index is 0.244. The molecule has 0 aromatic carbocycles. The van der Waals surface area contributed by atoms with Crippen LogP contribution in [0.4, 0.5) is 0 Å². The molecule has 0 atom stereocenters. The third kappa shape index (κ3) is 9.65. The van der Waals surface area contributed by atoms with Gasteiger partial charge < -0.3 is 20.1 Å². The van der Waals surface area contributed by atoms with Crippen LogP contribution in [0.15, 0.2) is 0 Å². The molecular weight excluding hydrogens is 194 g/mol. The van der Waals surface area contributed by atoms with Crippen molar-refractivity contribution in [2.75, 3.05) is 46.6 Å². The molecule has 0 aromatic heterocycles. The number of amidine groups is 1. The van der Waals surface area contributed by atoms with Crippen LogP contribution in [-0.4, -0.2) is 57.3 Å². The van der Waals surface area contributed by atoms with E-state index in [0.717, 1.165) is 19.6 Å². The standard InChI is InChI=1S/C10H23N3O2/c1-3-13(5-4-10(11)12)6-7-15-9-8-14-2/h3-9H2,1-2H3,(H3,11,12). The number of rotatable bonds is 10. The first-order valence-corrected chi connectivity index (χ1v) is 5.32. The van der Waals surface area contributed by atoms with Gasteiger partial charge >= 0.3 is 0 Å². The second-order valence-electron chi connectivity index (χ2n) is 3.31. The number of likely N-dealkylation sites (N-methyl/N-ethyl adjacent to an activating group) is 1. The molecule has 15 heavy (non-hydrogen) atoms. The van der Waals surface area contributed by atoms with Gasteiger partial charge in [-0.1, -0.05) is 6.92 Å². The van der Waals surface area contributed by atoms with Crippen LogP contribution in [0.3, 0.4) is 0 Å². The molecule has 3 N–H and O–H groups in total. The topological polar surface area (TPSA) is 71.6 Å². The Morgan fingerprint density at radius 3 is 2.53 bits per heavy atom. The third-order valence-electron chi connectivity index (χ3n) is 2.13. The minimum Gasteiger partial charge on any atom is -0.388 e. The SMILES string of the molecule is CCN(CCOCCOC)CCC(=N)N. The molecule has 0 aromatic rings. The first kappa shape index (κ1) is 14.3. The van der Waals surface area contributed by atoms with Crippen molar-refractivity contribution in [3.8, 4) is 0 Å². The van der Waals surface area contributed by atoms with E-state index in [9.17, 15) is 0 Å². The highest BCUT2D eigenvalue weighted by atomic mass is 16.5. The van der Waals surface area contributed by atoms with E-state index in [2.05, 4.69) is 11.8 Å². The van der Waals surface area contributed by atoms with E-state index in [1.54, 1.807) is 7.11 Å². The molecule has 5 nitrogen and oxygen atoms in total. The molecule has 0 heterocycles. The van der Waals surface area contributed by atoms with Crippen molar-refractivity contribution >= 4 is 5.84 Å². The molecule has 0 bridgehead atoms. The Kier molecular flexibility index (Phi) is 9.46. The van der Waals surface area contributed by atoms with E-state index in [1.165, 1.54) is 0 Å². The molecule has 0 radical (unpaired) electrons. The Labute approximate surface area is 92.0 Å². The lowest BCUT2D eigenvalue weighted by atomic mass is 10.3. The van der Waals surface area contributed by atoms with Gasteiger partial charge in [0.15, 0.2) is 0 Å². The summed E-state index contributed by atoms with van der Waals surface area (Å²) in [5.41, 5.74) is 5.30. The average molecular weight is 217 g/mol. The van der Waals surface area contributed by atoms with Crippen LogP contribution in [-0.2, 0) is 9.47 Å². The van der Waals surface area contributed by atoms with E-state index in [-0.39, 0.29) is 5.84 Å². The van der Waals surface area contributed by atoms with Gasteiger partial charge in [-0.05, 0) is 6.54 Å². The Morgan fingerprint density at radius 2 is 2.00 bits per heavy atom. The second kappa shape index (κ2) is 9.89. The lowest BCUT2D eigenvalue weighted by Gasteiger charge is -2.19. The zero-order chi connectivity index (χ0) is 11.5. The van der Waals surface area contributed by atoms with Gasteiger partial charge in [0.1, 0.15) is 0 Å². The van der Waals surface area contributed by atoms with Crippen molar-refractivity contribution in [2.45, 2.75) is 13.3 Å². The Morgan fingerprint density at radius 1 is 1.27 bits per heavy atom. The summed E-state index contributed by atoms with van der Waals surface area (Å²) >= 11 is 0. The highest BCUT2D eigenvalue weighted by Crippen LogP contribution is 1.91. The van der Waals surface area contributed by atoms with Crippen LogP contribution >= 0.6 is 0 Å². The van der Waals surface area contributed by atoms with Crippen molar-refractivity contribution in [2.24, 2.45) is 5.73 Å². The summed E-state index contributed by atoms with van der Waals surface area (Å²) in [6.07, 6.45) is 0.631. The number of methoxy groups -OCH3 is 1. The van der Waals surface area contributed by atoms with Crippen LogP contribution in [0.2, 0.25) is 0 Å². The molecule has 0 aliphatic heterocycles. The monoisotopic (exact) mass is 217 g/mol. The van der Waals surface area contributed by atoms with Gasteiger partial charge in [-0.3, -0.25) is 5.41 Å². The molecule has 5 heteroatoms. The van der Waals surface area contributed by atoms with Crippen LogP contribution in [0.1, 0.15) is 13.3 Å².